The van der Waals surface area contributed by atoms with Crippen molar-refractivity contribution in [3.63, 3.8) is 0 Å². The summed E-state index contributed by atoms with van der Waals surface area (Å²) in [7, 11) is 1.35. The number of fused-ring (bicyclic) bond motifs is 1. The third-order valence-corrected chi connectivity index (χ3v) is 2.67. The summed E-state index contributed by atoms with van der Waals surface area (Å²) in [5, 5.41) is 0. The first-order chi connectivity index (χ1) is 8.19. The molecule has 5 heteroatoms. The molecular formula is C12H15N3O2. The van der Waals surface area contributed by atoms with Gasteiger partial charge in [0.15, 0.2) is 5.69 Å². The normalized spacial score (nSPS) is 10.8. The van der Waals surface area contributed by atoms with Crippen molar-refractivity contribution in [2.75, 3.05) is 13.7 Å². The predicted molar refractivity (Wildman–Crippen MR) is 64.0 cm³/mol. The monoisotopic (exact) mass is 233 g/mol. The number of imidazole rings is 1. The number of methoxy groups -OCH3 is 1. The van der Waals surface area contributed by atoms with E-state index in [4.69, 9.17) is 10.5 Å². The first kappa shape index (κ1) is 11.6. The highest BCUT2D eigenvalue weighted by molar-refractivity contribution is 5.95. The number of aromatic nitrogens is 2. The van der Waals surface area contributed by atoms with E-state index in [-0.39, 0.29) is 0 Å². The number of pyridine rings is 1. The maximum Gasteiger partial charge on any atom is 0.358 e. The molecule has 0 saturated heterocycles. The molecule has 0 spiro atoms. The Morgan fingerprint density at radius 1 is 1.53 bits per heavy atom. The van der Waals surface area contributed by atoms with Crippen LogP contribution in [0.1, 0.15) is 22.0 Å². The summed E-state index contributed by atoms with van der Waals surface area (Å²) in [6, 6.07) is 5.72. The van der Waals surface area contributed by atoms with Crippen molar-refractivity contribution in [1.29, 1.82) is 0 Å². The van der Waals surface area contributed by atoms with Crippen LogP contribution in [-0.2, 0) is 11.2 Å². The molecule has 0 aromatic carbocycles. The molecule has 2 heterocycles. The van der Waals surface area contributed by atoms with Gasteiger partial charge in [-0.15, -0.1) is 0 Å². The van der Waals surface area contributed by atoms with Crippen LogP contribution < -0.4 is 5.73 Å². The van der Waals surface area contributed by atoms with E-state index in [2.05, 4.69) is 4.98 Å². The maximum atomic E-state index is 11.6. The van der Waals surface area contributed by atoms with Crippen molar-refractivity contribution in [3.8, 4) is 0 Å². The molecule has 0 aliphatic rings. The van der Waals surface area contributed by atoms with Crippen LogP contribution in [0.3, 0.4) is 0 Å². The largest absolute Gasteiger partial charge is 0.464 e. The fourth-order valence-corrected chi connectivity index (χ4v) is 1.93. The van der Waals surface area contributed by atoms with E-state index >= 15 is 0 Å². The molecule has 2 aromatic heterocycles. The summed E-state index contributed by atoms with van der Waals surface area (Å²) in [4.78, 5) is 15.9. The molecule has 0 unspecified atom stereocenters. The summed E-state index contributed by atoms with van der Waals surface area (Å²) < 4.78 is 6.67. The van der Waals surface area contributed by atoms with E-state index < -0.39 is 5.97 Å². The molecule has 0 aliphatic heterocycles. The van der Waals surface area contributed by atoms with E-state index in [0.717, 1.165) is 17.0 Å². The van der Waals surface area contributed by atoms with Gasteiger partial charge < -0.3 is 14.9 Å². The van der Waals surface area contributed by atoms with Gasteiger partial charge in [0.25, 0.3) is 0 Å². The third-order valence-electron chi connectivity index (χ3n) is 2.67. The lowest BCUT2D eigenvalue weighted by Gasteiger charge is -2.03. The third kappa shape index (κ3) is 1.89. The Hall–Kier alpha value is -1.88. The molecule has 0 radical (unpaired) electrons. The van der Waals surface area contributed by atoms with Gasteiger partial charge in [0.2, 0.25) is 0 Å². The molecule has 90 valence electrons. The van der Waals surface area contributed by atoms with E-state index in [1.165, 1.54) is 7.11 Å². The van der Waals surface area contributed by atoms with Crippen LogP contribution in [-0.4, -0.2) is 29.0 Å². The predicted octanol–water partition coefficient (Wildman–Crippen LogP) is 0.931. The first-order valence-corrected chi connectivity index (χ1v) is 5.44. The quantitative estimate of drug-likeness (QED) is 0.801. The first-order valence-electron chi connectivity index (χ1n) is 5.44. The zero-order valence-electron chi connectivity index (χ0n) is 9.93. The van der Waals surface area contributed by atoms with Crippen molar-refractivity contribution in [2.45, 2.75) is 13.3 Å². The number of aryl methyl sites for hydroxylation is 1. The Kier molecular flexibility index (Phi) is 3.10. The van der Waals surface area contributed by atoms with Gasteiger partial charge >= 0.3 is 5.97 Å². The van der Waals surface area contributed by atoms with Crippen molar-refractivity contribution in [2.24, 2.45) is 5.73 Å². The smallest absolute Gasteiger partial charge is 0.358 e. The summed E-state index contributed by atoms with van der Waals surface area (Å²) in [6.45, 7) is 2.46. The van der Waals surface area contributed by atoms with Gasteiger partial charge in [-0.1, -0.05) is 6.07 Å². The van der Waals surface area contributed by atoms with Crippen molar-refractivity contribution < 1.29 is 9.53 Å². The molecule has 17 heavy (non-hydrogen) atoms. The lowest BCUT2D eigenvalue weighted by molar-refractivity contribution is 0.0597. The standard InChI is InChI=1S/C12H15N3O2/c1-8-4-3-5-9-11(12(16)17-2)14-10(6-7-13)15(8)9/h3-5H,6-7,13H2,1-2H3. The van der Waals surface area contributed by atoms with E-state index in [0.29, 0.717) is 18.7 Å². The minimum absolute atomic E-state index is 0.347. The number of nitrogens with zero attached hydrogens (tertiary/aromatic N) is 2. The number of carbonyl (C=O) groups is 1. The number of esters is 1. The Morgan fingerprint density at radius 3 is 2.94 bits per heavy atom. The fourth-order valence-electron chi connectivity index (χ4n) is 1.93. The van der Waals surface area contributed by atoms with Crippen molar-refractivity contribution >= 4 is 11.5 Å². The molecule has 2 aromatic rings. The Balaban J connectivity index is 2.70. The number of nitrogens with two attached hydrogens (primary N) is 1. The van der Waals surface area contributed by atoms with Gasteiger partial charge in [0.1, 0.15) is 5.82 Å². The van der Waals surface area contributed by atoms with Crippen LogP contribution >= 0.6 is 0 Å². The number of carbonyl (C=O) groups excluding carboxylic acids is 1. The molecule has 2 rings (SSSR count). The molecule has 0 amide bonds. The lowest BCUT2D eigenvalue weighted by Crippen LogP contribution is -2.07. The number of ether oxygens (including phenoxy) is 1. The number of hydrogen-bond donors (Lipinski definition) is 1. The van der Waals surface area contributed by atoms with E-state index in [1.54, 1.807) is 0 Å². The van der Waals surface area contributed by atoms with E-state index in [9.17, 15) is 4.79 Å². The number of rotatable bonds is 3. The molecule has 0 atom stereocenters. The van der Waals surface area contributed by atoms with Gasteiger partial charge in [0.05, 0.1) is 12.6 Å². The van der Waals surface area contributed by atoms with Gasteiger partial charge in [-0.2, -0.15) is 0 Å². The van der Waals surface area contributed by atoms with Crippen molar-refractivity contribution in [3.05, 3.63) is 35.4 Å². The number of hydrogen-bond acceptors (Lipinski definition) is 4. The van der Waals surface area contributed by atoms with Gasteiger partial charge in [-0.25, -0.2) is 9.78 Å². The Bertz CT molecular complexity index is 560. The molecule has 2 N–H and O–H groups in total. The summed E-state index contributed by atoms with van der Waals surface area (Å²) in [5.41, 5.74) is 7.68. The maximum absolute atomic E-state index is 11.6. The second-order valence-electron chi connectivity index (χ2n) is 3.79. The van der Waals surface area contributed by atoms with Crippen LogP contribution in [0, 0.1) is 6.92 Å². The van der Waals surface area contributed by atoms with Crippen LogP contribution in [0.15, 0.2) is 18.2 Å². The second-order valence-corrected chi connectivity index (χ2v) is 3.79. The highest BCUT2D eigenvalue weighted by Crippen LogP contribution is 2.16. The van der Waals surface area contributed by atoms with Crippen LogP contribution in [0.2, 0.25) is 0 Å². The molecule has 5 nitrogen and oxygen atoms in total. The Morgan fingerprint density at radius 2 is 2.29 bits per heavy atom. The minimum atomic E-state index is -0.420. The Labute approximate surface area is 99.2 Å². The lowest BCUT2D eigenvalue weighted by atomic mass is 10.3. The summed E-state index contributed by atoms with van der Waals surface area (Å²) in [5.74, 6) is 0.373. The molecule has 0 fully saturated rings. The topological polar surface area (TPSA) is 69.6 Å². The zero-order valence-corrected chi connectivity index (χ0v) is 9.93. The molecule has 0 aliphatic carbocycles. The minimum Gasteiger partial charge on any atom is -0.464 e. The van der Waals surface area contributed by atoms with Crippen molar-refractivity contribution in [1.82, 2.24) is 9.38 Å². The van der Waals surface area contributed by atoms with E-state index in [1.807, 2.05) is 29.5 Å². The van der Waals surface area contributed by atoms with Crippen LogP contribution in [0.25, 0.3) is 5.52 Å². The SMILES string of the molecule is COC(=O)c1nc(CCN)n2c(C)cccc12. The molecule has 0 bridgehead atoms. The van der Waals surface area contributed by atoms with Gasteiger partial charge in [0, 0.05) is 12.1 Å². The highest BCUT2D eigenvalue weighted by atomic mass is 16.5. The average Bonchev–Trinajstić information content (AvgIpc) is 2.69. The average molecular weight is 233 g/mol. The zero-order chi connectivity index (χ0) is 12.4. The van der Waals surface area contributed by atoms with Crippen LogP contribution in [0.5, 0.6) is 0 Å². The van der Waals surface area contributed by atoms with Crippen LogP contribution in [0.4, 0.5) is 0 Å². The molecular weight excluding hydrogens is 218 g/mol. The molecule has 0 saturated carbocycles. The summed E-state index contributed by atoms with van der Waals surface area (Å²) in [6.07, 6.45) is 0.628. The summed E-state index contributed by atoms with van der Waals surface area (Å²) >= 11 is 0. The highest BCUT2D eigenvalue weighted by Gasteiger charge is 2.18. The van der Waals surface area contributed by atoms with Gasteiger partial charge in [-0.05, 0) is 25.6 Å². The fraction of sp³-hybridized carbons (Fsp3) is 0.333. The second kappa shape index (κ2) is 4.55. The van der Waals surface area contributed by atoms with Gasteiger partial charge in [-0.3, -0.25) is 0 Å².